The molecule has 1 aromatic heterocycles. The molecule has 4 nitrogen and oxygen atoms in total. The Kier molecular flexibility index (Phi) is 4.87. The van der Waals surface area contributed by atoms with Crippen LogP contribution in [0.2, 0.25) is 4.47 Å². The van der Waals surface area contributed by atoms with Crippen molar-refractivity contribution in [3.8, 4) is 0 Å². The van der Waals surface area contributed by atoms with Crippen molar-refractivity contribution in [2.45, 2.75) is 19.8 Å². The molecule has 1 aromatic carbocycles. The summed E-state index contributed by atoms with van der Waals surface area (Å²) in [6.45, 7) is 2.76. The van der Waals surface area contributed by atoms with Crippen LogP contribution in [0.4, 0.5) is 5.69 Å². The summed E-state index contributed by atoms with van der Waals surface area (Å²) in [5, 5.41) is 7.82. The average Bonchev–Trinajstić information content (AvgIpc) is 2.87. The molecule has 0 unspecified atom stereocenters. The number of rotatable bonds is 5. The first-order valence-corrected chi connectivity index (χ1v) is 7.27. The number of amides is 1. The Hall–Kier alpha value is -1.46. The molecule has 2 aromatic rings. The average molecular weight is 296 g/mol. The number of nitrogens with zero attached hydrogens (tertiary/aromatic N) is 3. The second kappa shape index (κ2) is 6.63. The van der Waals surface area contributed by atoms with Gasteiger partial charge in [-0.15, -0.1) is 10.2 Å². The highest BCUT2D eigenvalue weighted by Gasteiger charge is 2.20. The molecule has 0 spiro atoms. The first-order valence-electron chi connectivity index (χ1n) is 6.08. The Morgan fingerprint density at radius 3 is 2.63 bits per heavy atom. The number of carbonyl (C=O) groups is 1. The smallest absolute Gasteiger partial charge is 0.289 e. The number of unbranched alkanes of at least 4 members (excludes halogenated alkanes) is 1. The number of anilines is 1. The molecule has 0 N–H and O–H groups in total. The molecule has 0 saturated carbocycles. The predicted octanol–water partition coefficient (Wildman–Crippen LogP) is 3.64. The van der Waals surface area contributed by atoms with Gasteiger partial charge < -0.3 is 4.90 Å². The number of aromatic nitrogens is 2. The highest BCUT2D eigenvalue weighted by molar-refractivity contribution is 7.17. The summed E-state index contributed by atoms with van der Waals surface area (Å²) in [5.41, 5.74) is 0.868. The number of benzene rings is 1. The lowest BCUT2D eigenvalue weighted by Crippen LogP contribution is -2.31. The molecule has 0 atom stereocenters. The van der Waals surface area contributed by atoms with Crippen LogP contribution in [-0.4, -0.2) is 22.6 Å². The van der Waals surface area contributed by atoms with E-state index >= 15 is 0 Å². The molecular weight excluding hydrogens is 282 g/mol. The van der Waals surface area contributed by atoms with Gasteiger partial charge in [0.05, 0.1) is 0 Å². The van der Waals surface area contributed by atoms with Gasteiger partial charge in [-0.1, -0.05) is 42.9 Å². The van der Waals surface area contributed by atoms with Crippen molar-refractivity contribution in [1.82, 2.24) is 10.2 Å². The van der Waals surface area contributed by atoms with E-state index in [4.69, 9.17) is 11.6 Å². The van der Waals surface area contributed by atoms with Crippen molar-refractivity contribution in [1.29, 1.82) is 0 Å². The highest BCUT2D eigenvalue weighted by Crippen LogP contribution is 2.21. The maximum atomic E-state index is 12.4. The van der Waals surface area contributed by atoms with Gasteiger partial charge in [-0.25, -0.2) is 0 Å². The van der Waals surface area contributed by atoms with Gasteiger partial charge in [-0.2, -0.15) is 0 Å². The quantitative estimate of drug-likeness (QED) is 0.846. The molecule has 0 aliphatic carbocycles. The molecule has 6 heteroatoms. The minimum atomic E-state index is -0.149. The SMILES string of the molecule is CCCCN(C(=O)c1nnc(Cl)s1)c1ccccc1. The summed E-state index contributed by atoms with van der Waals surface area (Å²) in [7, 11) is 0. The molecule has 0 saturated heterocycles. The Bertz CT molecular complexity index is 544. The van der Waals surface area contributed by atoms with Gasteiger partial charge in [0.1, 0.15) is 0 Å². The van der Waals surface area contributed by atoms with Crippen LogP contribution in [0.15, 0.2) is 30.3 Å². The number of carbonyl (C=O) groups excluding carboxylic acids is 1. The topological polar surface area (TPSA) is 46.1 Å². The normalized spacial score (nSPS) is 10.4. The summed E-state index contributed by atoms with van der Waals surface area (Å²) in [4.78, 5) is 14.2. The molecule has 0 bridgehead atoms. The summed E-state index contributed by atoms with van der Waals surface area (Å²) in [5.74, 6) is -0.149. The van der Waals surface area contributed by atoms with Gasteiger partial charge in [0, 0.05) is 12.2 Å². The number of hydrogen-bond donors (Lipinski definition) is 0. The molecule has 19 heavy (non-hydrogen) atoms. The van der Waals surface area contributed by atoms with Crippen LogP contribution in [-0.2, 0) is 0 Å². The van der Waals surface area contributed by atoms with Crippen molar-refractivity contribution in [2.75, 3.05) is 11.4 Å². The third kappa shape index (κ3) is 3.52. The van der Waals surface area contributed by atoms with Crippen molar-refractivity contribution in [3.63, 3.8) is 0 Å². The Morgan fingerprint density at radius 2 is 2.05 bits per heavy atom. The van der Waals surface area contributed by atoms with Gasteiger partial charge in [0.2, 0.25) is 9.47 Å². The van der Waals surface area contributed by atoms with Gasteiger partial charge in [0.25, 0.3) is 5.91 Å². The largest absolute Gasteiger partial charge is 0.306 e. The fourth-order valence-corrected chi connectivity index (χ4v) is 2.46. The summed E-state index contributed by atoms with van der Waals surface area (Å²) in [6, 6.07) is 9.57. The van der Waals surface area contributed by atoms with E-state index in [1.807, 2.05) is 30.3 Å². The minimum absolute atomic E-state index is 0.149. The zero-order valence-corrected chi connectivity index (χ0v) is 12.1. The van der Waals surface area contributed by atoms with Crippen LogP contribution in [0, 0.1) is 0 Å². The van der Waals surface area contributed by atoms with Crippen LogP contribution in [0.5, 0.6) is 0 Å². The molecule has 0 fully saturated rings. The van der Waals surface area contributed by atoms with Crippen molar-refractivity contribution >= 4 is 34.5 Å². The molecule has 0 aliphatic rings. The standard InChI is InChI=1S/C13H14ClN3OS/c1-2-3-9-17(10-7-5-4-6-8-10)12(18)11-15-16-13(14)19-11/h4-8H,2-3,9H2,1H3. The monoisotopic (exact) mass is 295 g/mol. The second-order valence-corrected chi connectivity index (χ2v) is 5.57. The van der Waals surface area contributed by atoms with Crippen molar-refractivity contribution < 1.29 is 4.79 Å². The maximum Gasteiger partial charge on any atom is 0.289 e. The molecule has 100 valence electrons. The van der Waals surface area contributed by atoms with Crippen molar-refractivity contribution in [2.24, 2.45) is 0 Å². The molecule has 1 amide bonds. The summed E-state index contributed by atoms with van der Waals surface area (Å²) in [6.07, 6.45) is 1.96. The number of para-hydroxylation sites is 1. The van der Waals surface area contributed by atoms with E-state index < -0.39 is 0 Å². The van der Waals surface area contributed by atoms with Gasteiger partial charge in [0.15, 0.2) is 0 Å². The molecule has 2 rings (SSSR count). The highest BCUT2D eigenvalue weighted by atomic mass is 35.5. The maximum absolute atomic E-state index is 12.4. The summed E-state index contributed by atoms with van der Waals surface area (Å²) < 4.78 is 0.284. The third-order valence-electron chi connectivity index (χ3n) is 2.63. The lowest BCUT2D eigenvalue weighted by molar-refractivity contribution is 0.0985. The van der Waals surface area contributed by atoms with E-state index in [1.54, 1.807) is 4.90 Å². The Morgan fingerprint density at radius 1 is 1.32 bits per heavy atom. The third-order valence-corrected chi connectivity index (χ3v) is 3.64. The van der Waals surface area contributed by atoms with E-state index in [-0.39, 0.29) is 10.4 Å². The second-order valence-electron chi connectivity index (χ2n) is 4.01. The summed E-state index contributed by atoms with van der Waals surface area (Å²) >= 11 is 6.84. The Balaban J connectivity index is 2.25. The van der Waals surface area contributed by atoms with E-state index in [9.17, 15) is 4.79 Å². The molecule has 1 heterocycles. The van der Waals surface area contributed by atoms with E-state index in [1.165, 1.54) is 0 Å². The number of halogens is 1. The van der Waals surface area contributed by atoms with Crippen LogP contribution in [0.3, 0.4) is 0 Å². The first-order chi connectivity index (χ1) is 9.22. The van der Waals surface area contributed by atoms with Gasteiger partial charge >= 0.3 is 0 Å². The van der Waals surface area contributed by atoms with Gasteiger partial charge in [-0.3, -0.25) is 4.79 Å². The lowest BCUT2D eigenvalue weighted by atomic mass is 10.2. The van der Waals surface area contributed by atoms with Crippen LogP contribution in [0.1, 0.15) is 29.6 Å². The zero-order valence-electron chi connectivity index (χ0n) is 10.5. The van der Waals surface area contributed by atoms with Gasteiger partial charge in [-0.05, 0) is 30.2 Å². The van der Waals surface area contributed by atoms with Crippen LogP contribution < -0.4 is 4.90 Å². The lowest BCUT2D eigenvalue weighted by Gasteiger charge is -2.21. The molecule has 0 aliphatic heterocycles. The van der Waals surface area contributed by atoms with Crippen molar-refractivity contribution in [3.05, 3.63) is 39.8 Å². The zero-order chi connectivity index (χ0) is 13.7. The minimum Gasteiger partial charge on any atom is -0.306 e. The van der Waals surface area contributed by atoms with Crippen LogP contribution >= 0.6 is 22.9 Å². The predicted molar refractivity (Wildman–Crippen MR) is 77.9 cm³/mol. The number of hydrogen-bond acceptors (Lipinski definition) is 4. The first kappa shape index (κ1) is 14.0. The fraction of sp³-hybridized carbons (Fsp3) is 0.308. The molecular formula is C13H14ClN3OS. The van der Waals surface area contributed by atoms with E-state index in [2.05, 4.69) is 17.1 Å². The fourth-order valence-electron chi connectivity index (χ4n) is 1.68. The molecule has 0 radical (unpaired) electrons. The van der Waals surface area contributed by atoms with Crippen LogP contribution in [0.25, 0.3) is 0 Å². The van der Waals surface area contributed by atoms with E-state index in [0.717, 1.165) is 29.9 Å². The Labute approximate surface area is 121 Å². The van der Waals surface area contributed by atoms with E-state index in [0.29, 0.717) is 11.6 Å².